The summed E-state index contributed by atoms with van der Waals surface area (Å²) < 4.78 is 12.7. The van der Waals surface area contributed by atoms with Gasteiger partial charge in [-0.2, -0.15) is 5.10 Å². The Morgan fingerprint density at radius 2 is 1.91 bits per heavy atom. The maximum atomic E-state index is 12.8. The average Bonchev–Trinajstić information content (AvgIpc) is 3.34. The number of ketones is 1. The van der Waals surface area contributed by atoms with Crippen molar-refractivity contribution in [3.8, 4) is 5.75 Å². The first kappa shape index (κ1) is 22.0. The minimum Gasteiger partial charge on any atom is -0.496 e. The molecular weight excluding hydrogens is 448 g/mol. The van der Waals surface area contributed by atoms with Crippen molar-refractivity contribution >= 4 is 44.9 Å². The zero-order valence-corrected chi connectivity index (χ0v) is 19.4. The van der Waals surface area contributed by atoms with Crippen molar-refractivity contribution in [2.24, 2.45) is 0 Å². The second-order valence-corrected chi connectivity index (χ2v) is 8.76. The lowest BCUT2D eigenvalue weighted by molar-refractivity contribution is 0.0476. The predicted molar refractivity (Wildman–Crippen MR) is 125 cm³/mol. The molecule has 0 N–H and O–H groups in total. The number of thiophene rings is 1. The van der Waals surface area contributed by atoms with Gasteiger partial charge in [0.25, 0.3) is 0 Å². The molecule has 0 aliphatic rings. The Hall–Kier alpha value is -3.16. The Morgan fingerprint density at radius 3 is 2.62 bits per heavy atom. The molecule has 0 saturated heterocycles. The Labute approximate surface area is 194 Å². The molecule has 2 aromatic carbocycles. The van der Waals surface area contributed by atoms with E-state index in [4.69, 9.17) is 21.1 Å². The molecule has 0 spiro atoms. The van der Waals surface area contributed by atoms with Crippen molar-refractivity contribution in [2.45, 2.75) is 27.0 Å². The van der Waals surface area contributed by atoms with E-state index >= 15 is 0 Å². The van der Waals surface area contributed by atoms with E-state index < -0.39 is 5.97 Å². The van der Waals surface area contributed by atoms with E-state index in [1.165, 1.54) is 25.4 Å². The maximum Gasteiger partial charge on any atom is 0.348 e. The minimum atomic E-state index is -0.440. The smallest absolute Gasteiger partial charge is 0.348 e. The topological polar surface area (TPSA) is 70.4 Å². The Balaban J connectivity index is 1.56. The standard InChI is InChI=1S/C24H21ClN2O4S/c1-14-19-11-22(32-23(19)27(26-14)12-17-6-4-5-7-20(17)25)24(29)31-13-18-10-16(15(2)28)8-9-21(18)30-3/h4-11H,12-13H2,1-3H3. The number of hydrogen-bond acceptors (Lipinski definition) is 6. The number of halogens is 1. The number of hydrogen-bond donors (Lipinski definition) is 0. The summed E-state index contributed by atoms with van der Waals surface area (Å²) >= 11 is 7.63. The Kier molecular flexibility index (Phi) is 6.30. The van der Waals surface area contributed by atoms with Gasteiger partial charge in [-0.1, -0.05) is 29.8 Å². The molecule has 0 bridgehead atoms. The number of rotatable bonds is 7. The lowest BCUT2D eigenvalue weighted by atomic mass is 10.1. The molecule has 0 unspecified atom stereocenters. The van der Waals surface area contributed by atoms with Gasteiger partial charge in [0, 0.05) is 21.5 Å². The van der Waals surface area contributed by atoms with Crippen molar-refractivity contribution in [3.63, 3.8) is 0 Å². The van der Waals surface area contributed by atoms with E-state index in [1.807, 2.05) is 35.9 Å². The molecule has 2 aromatic heterocycles. The Bertz CT molecular complexity index is 1330. The van der Waals surface area contributed by atoms with Gasteiger partial charge in [0.2, 0.25) is 0 Å². The van der Waals surface area contributed by atoms with Gasteiger partial charge in [0.05, 0.1) is 19.3 Å². The molecule has 0 fully saturated rings. The third-order valence-corrected chi connectivity index (χ3v) is 6.63. The van der Waals surface area contributed by atoms with Gasteiger partial charge >= 0.3 is 5.97 Å². The molecule has 32 heavy (non-hydrogen) atoms. The zero-order chi connectivity index (χ0) is 22.8. The summed E-state index contributed by atoms with van der Waals surface area (Å²) in [4.78, 5) is 25.8. The van der Waals surface area contributed by atoms with E-state index in [0.717, 1.165) is 21.5 Å². The van der Waals surface area contributed by atoms with Crippen molar-refractivity contribution in [3.05, 3.63) is 80.8 Å². The third-order valence-electron chi connectivity index (χ3n) is 5.13. The van der Waals surface area contributed by atoms with E-state index in [9.17, 15) is 9.59 Å². The Morgan fingerprint density at radius 1 is 1.12 bits per heavy atom. The lowest BCUT2D eigenvalue weighted by Crippen LogP contribution is -2.06. The monoisotopic (exact) mass is 468 g/mol. The van der Waals surface area contributed by atoms with Crippen LogP contribution in [0.3, 0.4) is 0 Å². The van der Waals surface area contributed by atoms with Gasteiger partial charge in [-0.05, 0) is 49.7 Å². The molecule has 0 aliphatic carbocycles. The number of benzene rings is 2. The van der Waals surface area contributed by atoms with E-state index in [2.05, 4.69) is 5.10 Å². The fraction of sp³-hybridized carbons (Fsp3) is 0.208. The van der Waals surface area contributed by atoms with Crippen LogP contribution in [0.2, 0.25) is 5.02 Å². The van der Waals surface area contributed by atoms with Crippen molar-refractivity contribution < 1.29 is 19.1 Å². The fourth-order valence-corrected chi connectivity index (χ4v) is 4.68. The molecule has 0 aliphatic heterocycles. The van der Waals surface area contributed by atoms with Crippen molar-refractivity contribution in [2.75, 3.05) is 7.11 Å². The van der Waals surface area contributed by atoms with E-state index in [0.29, 0.717) is 33.3 Å². The minimum absolute atomic E-state index is 0.00209. The maximum absolute atomic E-state index is 12.8. The van der Waals surface area contributed by atoms with Crippen molar-refractivity contribution in [1.29, 1.82) is 0 Å². The van der Waals surface area contributed by atoms with Crippen LogP contribution < -0.4 is 4.74 Å². The van der Waals surface area contributed by atoms with Crippen LogP contribution >= 0.6 is 22.9 Å². The number of ether oxygens (including phenoxy) is 2. The van der Waals surface area contributed by atoms with Crippen LogP contribution in [0.1, 0.15) is 43.8 Å². The first-order valence-electron chi connectivity index (χ1n) is 9.92. The second-order valence-electron chi connectivity index (χ2n) is 7.32. The summed E-state index contributed by atoms with van der Waals surface area (Å²) in [5.41, 5.74) is 2.96. The average molecular weight is 469 g/mol. The summed E-state index contributed by atoms with van der Waals surface area (Å²) in [5.74, 6) is 0.0545. The van der Waals surface area contributed by atoms with Crippen LogP contribution in [0.15, 0.2) is 48.5 Å². The summed E-state index contributed by atoms with van der Waals surface area (Å²) in [5, 5.41) is 6.18. The number of carbonyl (C=O) groups excluding carboxylic acids is 2. The molecule has 2 heterocycles. The SMILES string of the molecule is COc1ccc(C(C)=O)cc1COC(=O)c1cc2c(C)nn(Cc3ccccc3Cl)c2s1. The van der Waals surface area contributed by atoms with Crippen LogP contribution in [0.4, 0.5) is 0 Å². The summed E-state index contributed by atoms with van der Waals surface area (Å²) in [6.07, 6.45) is 0. The highest BCUT2D eigenvalue weighted by molar-refractivity contribution is 7.20. The first-order valence-corrected chi connectivity index (χ1v) is 11.1. The largest absolute Gasteiger partial charge is 0.496 e. The third kappa shape index (κ3) is 4.40. The second kappa shape index (κ2) is 9.14. The molecule has 6 nitrogen and oxygen atoms in total. The molecular formula is C24H21ClN2O4S. The van der Waals surface area contributed by atoms with Crippen LogP contribution in [0.25, 0.3) is 10.2 Å². The number of fused-ring (bicyclic) bond motifs is 1. The molecule has 0 amide bonds. The molecule has 0 radical (unpaired) electrons. The van der Waals surface area contributed by atoms with E-state index in [1.54, 1.807) is 24.3 Å². The lowest BCUT2D eigenvalue weighted by Gasteiger charge is -2.10. The number of methoxy groups -OCH3 is 1. The first-order chi connectivity index (χ1) is 15.4. The molecule has 0 atom stereocenters. The number of carbonyl (C=O) groups is 2. The van der Waals surface area contributed by atoms with Gasteiger partial charge in [0.15, 0.2) is 5.78 Å². The zero-order valence-electron chi connectivity index (χ0n) is 17.8. The highest BCUT2D eigenvalue weighted by Gasteiger charge is 2.19. The number of aryl methyl sites for hydroxylation is 1. The van der Waals surface area contributed by atoms with Gasteiger partial charge < -0.3 is 9.47 Å². The molecule has 0 saturated carbocycles. The van der Waals surface area contributed by atoms with Gasteiger partial charge in [-0.15, -0.1) is 11.3 Å². The summed E-state index contributed by atoms with van der Waals surface area (Å²) in [6, 6.07) is 14.5. The number of Topliss-reactive ketones (excluding diaryl/α,β-unsaturated/α-hetero) is 1. The number of esters is 1. The summed E-state index contributed by atoms with van der Waals surface area (Å²) in [7, 11) is 1.54. The normalized spacial score (nSPS) is 11.0. The summed E-state index contributed by atoms with van der Waals surface area (Å²) in [6.45, 7) is 3.91. The quantitative estimate of drug-likeness (QED) is 0.258. The van der Waals surface area contributed by atoms with E-state index in [-0.39, 0.29) is 12.4 Å². The molecule has 4 aromatic rings. The molecule has 8 heteroatoms. The predicted octanol–water partition coefficient (Wildman–Crippen LogP) is 5.68. The van der Waals surface area contributed by atoms with Crippen LogP contribution in [0, 0.1) is 6.92 Å². The number of aromatic nitrogens is 2. The highest BCUT2D eigenvalue weighted by atomic mass is 35.5. The number of nitrogens with zero attached hydrogens (tertiary/aromatic N) is 2. The van der Waals surface area contributed by atoms with Gasteiger partial charge in [-0.25, -0.2) is 4.79 Å². The van der Waals surface area contributed by atoms with Crippen LogP contribution in [0.5, 0.6) is 5.75 Å². The fourth-order valence-electron chi connectivity index (χ4n) is 3.43. The highest BCUT2D eigenvalue weighted by Crippen LogP contribution is 2.30. The van der Waals surface area contributed by atoms with Crippen molar-refractivity contribution in [1.82, 2.24) is 9.78 Å². The van der Waals surface area contributed by atoms with Crippen LogP contribution in [-0.2, 0) is 17.9 Å². The molecule has 164 valence electrons. The van der Waals surface area contributed by atoms with Gasteiger partial charge in [-0.3, -0.25) is 9.48 Å². The van der Waals surface area contributed by atoms with Gasteiger partial charge in [0.1, 0.15) is 22.1 Å². The van der Waals surface area contributed by atoms with Crippen LogP contribution in [-0.4, -0.2) is 28.6 Å². The molecule has 4 rings (SSSR count).